The predicted octanol–water partition coefficient (Wildman–Crippen LogP) is 3.68. The minimum absolute atomic E-state index is 0.154. The van der Waals surface area contributed by atoms with E-state index in [0.29, 0.717) is 22.1 Å². The van der Waals surface area contributed by atoms with Gasteiger partial charge in [-0.15, -0.1) is 0 Å². The fraction of sp³-hybridized carbons (Fsp3) is 0.263. The molecule has 0 fully saturated rings. The molecule has 9 heteroatoms. The summed E-state index contributed by atoms with van der Waals surface area (Å²) < 4.78 is 32.7. The first kappa shape index (κ1) is 20.6. The topological polar surface area (TPSA) is 77.7 Å². The second-order valence-electron chi connectivity index (χ2n) is 5.99. The zero-order valence-electron chi connectivity index (χ0n) is 15.4. The van der Waals surface area contributed by atoms with Gasteiger partial charge in [-0.2, -0.15) is 4.99 Å². The van der Waals surface area contributed by atoms with Crippen LogP contribution in [0, 0.1) is 0 Å². The predicted molar refractivity (Wildman–Crippen MR) is 111 cm³/mol. The van der Waals surface area contributed by atoms with Crippen LogP contribution in [0.2, 0.25) is 5.02 Å². The van der Waals surface area contributed by atoms with Crippen LogP contribution in [0.5, 0.6) is 5.75 Å². The molecule has 6 nitrogen and oxygen atoms in total. The average Bonchev–Trinajstić information content (AvgIpc) is 3.02. The van der Waals surface area contributed by atoms with Crippen LogP contribution in [-0.2, 0) is 21.2 Å². The molecule has 0 N–H and O–H groups in total. The first-order chi connectivity index (χ1) is 13.3. The lowest BCUT2D eigenvalue weighted by Crippen LogP contribution is -2.17. The molecule has 0 radical (unpaired) electrons. The number of nitrogens with zero attached hydrogens (tertiary/aromatic N) is 2. The number of aromatic nitrogens is 1. The summed E-state index contributed by atoms with van der Waals surface area (Å²) in [5, 5.41) is 0.612. The SMILES string of the molecule is CCn1c(=NC(=O)CCS(=O)(=O)c2ccc(OC)cc2)sc2cc(Cl)ccc21. The molecule has 2 aromatic carbocycles. The van der Waals surface area contributed by atoms with E-state index in [9.17, 15) is 13.2 Å². The molecule has 0 bridgehead atoms. The van der Waals surface area contributed by atoms with Crippen LogP contribution in [0.3, 0.4) is 0 Å². The number of fused-ring (bicyclic) bond motifs is 1. The van der Waals surface area contributed by atoms with Crippen LogP contribution in [0.25, 0.3) is 10.2 Å². The van der Waals surface area contributed by atoms with Gasteiger partial charge >= 0.3 is 0 Å². The van der Waals surface area contributed by atoms with Crippen molar-refractivity contribution >= 4 is 48.9 Å². The molecule has 28 heavy (non-hydrogen) atoms. The molecule has 1 heterocycles. The highest BCUT2D eigenvalue weighted by Gasteiger charge is 2.17. The maximum atomic E-state index is 12.4. The number of sulfone groups is 1. The summed E-state index contributed by atoms with van der Waals surface area (Å²) in [7, 11) is -2.07. The number of rotatable bonds is 6. The van der Waals surface area contributed by atoms with E-state index in [1.54, 1.807) is 18.2 Å². The van der Waals surface area contributed by atoms with Crippen LogP contribution in [0.4, 0.5) is 0 Å². The van der Waals surface area contributed by atoms with Crippen molar-refractivity contribution in [3.05, 3.63) is 52.3 Å². The number of benzene rings is 2. The molecule has 0 saturated carbocycles. The Kier molecular flexibility index (Phi) is 6.22. The molecule has 0 atom stereocenters. The van der Waals surface area contributed by atoms with Crippen molar-refractivity contribution in [2.24, 2.45) is 4.99 Å². The van der Waals surface area contributed by atoms with Crippen molar-refractivity contribution in [1.29, 1.82) is 0 Å². The molecule has 0 spiro atoms. The number of aryl methyl sites for hydroxylation is 1. The van der Waals surface area contributed by atoms with Gasteiger partial charge in [0.15, 0.2) is 14.6 Å². The van der Waals surface area contributed by atoms with Gasteiger partial charge in [-0.3, -0.25) is 4.79 Å². The van der Waals surface area contributed by atoms with Crippen molar-refractivity contribution in [3.63, 3.8) is 0 Å². The summed E-state index contributed by atoms with van der Waals surface area (Å²) in [6, 6.07) is 11.6. The summed E-state index contributed by atoms with van der Waals surface area (Å²) in [5.41, 5.74) is 0.939. The fourth-order valence-electron chi connectivity index (χ4n) is 2.72. The number of thiazole rings is 1. The quantitative estimate of drug-likeness (QED) is 0.588. The third kappa shape index (κ3) is 4.45. The number of methoxy groups -OCH3 is 1. The first-order valence-electron chi connectivity index (χ1n) is 8.57. The first-order valence-corrected chi connectivity index (χ1v) is 11.4. The Hall–Kier alpha value is -2.16. The second kappa shape index (κ2) is 8.46. The van der Waals surface area contributed by atoms with E-state index in [-0.39, 0.29) is 17.1 Å². The standard InChI is InChI=1S/C19H19ClN2O4S2/c1-3-22-16-9-4-13(20)12-17(16)27-19(22)21-18(23)10-11-28(24,25)15-7-5-14(26-2)6-8-15/h4-9,12H,3,10-11H2,1-2H3. The molecule has 0 aliphatic carbocycles. The van der Waals surface area contributed by atoms with E-state index in [1.807, 2.05) is 23.6 Å². The Morgan fingerprint density at radius 3 is 2.57 bits per heavy atom. The van der Waals surface area contributed by atoms with E-state index >= 15 is 0 Å². The zero-order valence-corrected chi connectivity index (χ0v) is 17.8. The zero-order chi connectivity index (χ0) is 20.3. The second-order valence-corrected chi connectivity index (χ2v) is 9.55. The van der Waals surface area contributed by atoms with Crippen LogP contribution < -0.4 is 9.54 Å². The van der Waals surface area contributed by atoms with Crippen molar-refractivity contribution < 1.29 is 17.9 Å². The Morgan fingerprint density at radius 2 is 1.93 bits per heavy atom. The Labute approximate surface area is 172 Å². The number of ether oxygens (including phenoxy) is 1. The van der Waals surface area contributed by atoms with Gasteiger partial charge in [0.1, 0.15) is 5.75 Å². The number of carbonyl (C=O) groups excluding carboxylic acids is 1. The van der Waals surface area contributed by atoms with Crippen molar-refractivity contribution in [1.82, 2.24) is 4.57 Å². The molecule has 0 aliphatic heterocycles. The Morgan fingerprint density at radius 1 is 1.21 bits per heavy atom. The van der Waals surface area contributed by atoms with Crippen LogP contribution in [0.15, 0.2) is 52.4 Å². The van der Waals surface area contributed by atoms with Gasteiger partial charge in [0.2, 0.25) is 5.91 Å². The molecule has 0 unspecified atom stereocenters. The minimum Gasteiger partial charge on any atom is -0.497 e. The molecular formula is C19H19ClN2O4S2. The Bertz CT molecular complexity index is 1180. The molecule has 0 aliphatic rings. The minimum atomic E-state index is -3.58. The molecule has 1 aromatic heterocycles. The van der Waals surface area contributed by atoms with Gasteiger partial charge in [0.05, 0.1) is 28.0 Å². The van der Waals surface area contributed by atoms with E-state index < -0.39 is 15.7 Å². The van der Waals surface area contributed by atoms with Gasteiger partial charge in [0, 0.05) is 18.0 Å². The van der Waals surface area contributed by atoms with Gasteiger partial charge in [-0.1, -0.05) is 22.9 Å². The number of halogens is 1. The largest absolute Gasteiger partial charge is 0.497 e. The van der Waals surface area contributed by atoms with Gasteiger partial charge < -0.3 is 9.30 Å². The van der Waals surface area contributed by atoms with Crippen LogP contribution in [-0.4, -0.2) is 31.8 Å². The monoisotopic (exact) mass is 438 g/mol. The summed E-state index contributed by atoms with van der Waals surface area (Å²) in [4.78, 5) is 17.1. The van der Waals surface area contributed by atoms with E-state index in [4.69, 9.17) is 16.3 Å². The van der Waals surface area contributed by atoms with E-state index in [0.717, 1.165) is 10.2 Å². The molecule has 3 rings (SSSR count). The number of carbonyl (C=O) groups is 1. The summed E-state index contributed by atoms with van der Waals surface area (Å²) in [6.45, 7) is 2.59. The summed E-state index contributed by atoms with van der Waals surface area (Å²) in [6.07, 6.45) is -0.187. The van der Waals surface area contributed by atoms with Gasteiger partial charge in [-0.05, 0) is 49.4 Å². The van der Waals surface area contributed by atoms with Gasteiger partial charge in [-0.25, -0.2) is 8.42 Å². The highest BCUT2D eigenvalue weighted by molar-refractivity contribution is 7.91. The lowest BCUT2D eigenvalue weighted by molar-refractivity contribution is -0.117. The highest BCUT2D eigenvalue weighted by Crippen LogP contribution is 2.22. The smallest absolute Gasteiger partial charge is 0.249 e. The fourth-order valence-corrected chi connectivity index (χ4v) is 5.34. The Balaban J connectivity index is 1.80. The summed E-state index contributed by atoms with van der Waals surface area (Å²) in [5.74, 6) is -0.208. The average molecular weight is 439 g/mol. The third-order valence-electron chi connectivity index (χ3n) is 4.18. The van der Waals surface area contributed by atoms with E-state index in [2.05, 4.69) is 4.99 Å². The molecule has 148 valence electrons. The van der Waals surface area contributed by atoms with Crippen molar-refractivity contribution in [3.8, 4) is 5.75 Å². The molecule has 0 saturated heterocycles. The maximum absolute atomic E-state index is 12.4. The number of hydrogen-bond acceptors (Lipinski definition) is 5. The maximum Gasteiger partial charge on any atom is 0.249 e. The molecule has 1 amide bonds. The molecular weight excluding hydrogens is 420 g/mol. The number of amides is 1. The van der Waals surface area contributed by atoms with Crippen molar-refractivity contribution in [2.45, 2.75) is 24.8 Å². The number of hydrogen-bond donors (Lipinski definition) is 0. The summed E-state index contributed by atoms with van der Waals surface area (Å²) >= 11 is 7.38. The molecule has 3 aromatic rings. The van der Waals surface area contributed by atoms with Crippen LogP contribution in [0.1, 0.15) is 13.3 Å². The lowest BCUT2D eigenvalue weighted by Gasteiger charge is -2.04. The van der Waals surface area contributed by atoms with E-state index in [1.165, 1.54) is 30.6 Å². The lowest BCUT2D eigenvalue weighted by atomic mass is 10.3. The highest BCUT2D eigenvalue weighted by atomic mass is 35.5. The third-order valence-corrected chi connectivity index (χ3v) is 7.19. The normalized spacial score (nSPS) is 12.5. The van der Waals surface area contributed by atoms with Gasteiger partial charge in [0.25, 0.3) is 0 Å². The van der Waals surface area contributed by atoms with Crippen molar-refractivity contribution in [2.75, 3.05) is 12.9 Å². The van der Waals surface area contributed by atoms with Crippen LogP contribution >= 0.6 is 22.9 Å².